The summed E-state index contributed by atoms with van der Waals surface area (Å²) in [6, 6.07) is 5.58. The van der Waals surface area contributed by atoms with Gasteiger partial charge in [0.2, 0.25) is 8.32 Å². The highest BCUT2D eigenvalue weighted by Gasteiger charge is 2.21. The molecule has 0 N–H and O–H groups in total. The van der Waals surface area contributed by atoms with Crippen molar-refractivity contribution in [2.45, 2.75) is 52.9 Å². The van der Waals surface area contributed by atoms with E-state index in [1.165, 1.54) is 0 Å². The van der Waals surface area contributed by atoms with Crippen LogP contribution in [-0.4, -0.2) is 19.9 Å². The van der Waals surface area contributed by atoms with Gasteiger partial charge in [-0.25, -0.2) is 4.79 Å². The summed E-state index contributed by atoms with van der Waals surface area (Å²) in [6.07, 6.45) is 0. The fraction of sp³-hybridized carbons (Fsp3) is 0.533. The number of carbonyl (C=O) groups excluding carboxylic acids is 1. The molecule has 0 aliphatic carbocycles. The summed E-state index contributed by atoms with van der Waals surface area (Å²) in [5, 5.41) is 0. The van der Waals surface area contributed by atoms with Crippen LogP contribution in [0.2, 0.25) is 19.6 Å². The number of rotatable bonds is 3. The van der Waals surface area contributed by atoms with E-state index in [0.717, 1.165) is 11.3 Å². The molecule has 0 heterocycles. The molecule has 4 heteroatoms. The zero-order valence-corrected chi connectivity index (χ0v) is 14.0. The van der Waals surface area contributed by atoms with Crippen molar-refractivity contribution >= 4 is 14.3 Å². The number of ether oxygens (including phenoxy) is 1. The molecule has 106 valence electrons. The molecule has 1 aromatic rings. The van der Waals surface area contributed by atoms with Crippen molar-refractivity contribution in [3.8, 4) is 5.75 Å². The van der Waals surface area contributed by atoms with Gasteiger partial charge >= 0.3 is 5.97 Å². The molecule has 0 saturated carbocycles. The summed E-state index contributed by atoms with van der Waals surface area (Å²) in [7, 11) is -1.67. The van der Waals surface area contributed by atoms with E-state index in [1.807, 2.05) is 39.8 Å². The summed E-state index contributed by atoms with van der Waals surface area (Å²) in [4.78, 5) is 12.1. The van der Waals surface area contributed by atoms with Crippen molar-refractivity contribution in [1.29, 1.82) is 0 Å². The Labute approximate surface area is 117 Å². The molecule has 0 unspecified atom stereocenters. The first kappa shape index (κ1) is 15.8. The second kappa shape index (κ2) is 5.37. The van der Waals surface area contributed by atoms with E-state index < -0.39 is 13.9 Å². The van der Waals surface area contributed by atoms with Crippen LogP contribution < -0.4 is 4.43 Å². The van der Waals surface area contributed by atoms with E-state index in [1.54, 1.807) is 6.07 Å². The minimum Gasteiger partial charge on any atom is -0.544 e. The second-order valence-electron chi connectivity index (χ2n) is 6.69. The number of benzene rings is 1. The predicted molar refractivity (Wildman–Crippen MR) is 80.3 cm³/mol. The Hall–Kier alpha value is -1.29. The van der Waals surface area contributed by atoms with Gasteiger partial charge in [0.05, 0.1) is 5.56 Å². The highest BCUT2D eigenvalue weighted by atomic mass is 28.4. The zero-order chi connectivity index (χ0) is 14.8. The first-order valence-electron chi connectivity index (χ1n) is 6.51. The van der Waals surface area contributed by atoms with E-state index in [0.29, 0.717) is 5.56 Å². The lowest BCUT2D eigenvalue weighted by Crippen LogP contribution is -2.29. The molecule has 0 atom stereocenters. The second-order valence-corrected chi connectivity index (χ2v) is 11.1. The van der Waals surface area contributed by atoms with Crippen molar-refractivity contribution < 1.29 is 14.0 Å². The number of aryl methyl sites for hydroxylation is 1. The van der Waals surface area contributed by atoms with Crippen molar-refractivity contribution in [3.63, 3.8) is 0 Å². The summed E-state index contributed by atoms with van der Waals surface area (Å²) in [6.45, 7) is 13.8. The Morgan fingerprint density at radius 3 is 2.21 bits per heavy atom. The van der Waals surface area contributed by atoms with Crippen molar-refractivity contribution in [2.75, 3.05) is 0 Å². The van der Waals surface area contributed by atoms with Crippen LogP contribution in [0.3, 0.4) is 0 Å². The van der Waals surface area contributed by atoms with Crippen molar-refractivity contribution in [1.82, 2.24) is 0 Å². The van der Waals surface area contributed by atoms with Gasteiger partial charge in [-0.15, -0.1) is 0 Å². The quantitative estimate of drug-likeness (QED) is 0.616. The Bertz CT molecular complexity index is 467. The zero-order valence-electron chi connectivity index (χ0n) is 13.0. The largest absolute Gasteiger partial charge is 0.544 e. The fourth-order valence-corrected chi connectivity index (χ4v) is 2.41. The monoisotopic (exact) mass is 280 g/mol. The van der Waals surface area contributed by atoms with E-state index >= 15 is 0 Å². The van der Waals surface area contributed by atoms with Crippen LogP contribution in [-0.2, 0) is 4.74 Å². The van der Waals surface area contributed by atoms with Crippen molar-refractivity contribution in [2.24, 2.45) is 0 Å². The first-order valence-corrected chi connectivity index (χ1v) is 9.92. The number of hydrogen-bond donors (Lipinski definition) is 0. The average molecular weight is 280 g/mol. The molecule has 0 bridgehead atoms. The molecule has 0 aliphatic heterocycles. The molecular weight excluding hydrogens is 256 g/mol. The lowest BCUT2D eigenvalue weighted by Gasteiger charge is -2.22. The summed E-state index contributed by atoms with van der Waals surface area (Å²) < 4.78 is 11.3. The van der Waals surface area contributed by atoms with E-state index in [9.17, 15) is 4.79 Å². The van der Waals surface area contributed by atoms with Crippen LogP contribution in [0.1, 0.15) is 36.7 Å². The van der Waals surface area contributed by atoms with Crippen molar-refractivity contribution in [3.05, 3.63) is 29.3 Å². The van der Waals surface area contributed by atoms with Gasteiger partial charge in [-0.05, 0) is 65.0 Å². The fourth-order valence-electron chi connectivity index (χ4n) is 1.57. The standard InChI is InChI=1S/C15H24O3Si/c1-11-8-9-12(18-19(5,6)7)10-13(11)14(16)17-15(2,3)4/h8-10H,1-7H3. The van der Waals surface area contributed by atoms with Crippen LogP contribution in [0.5, 0.6) is 5.75 Å². The van der Waals surface area contributed by atoms with E-state index in [-0.39, 0.29) is 5.97 Å². The predicted octanol–water partition coefficient (Wildman–Crippen LogP) is 4.16. The molecule has 0 fully saturated rings. The Morgan fingerprint density at radius 1 is 1.16 bits per heavy atom. The van der Waals surface area contributed by atoms with Gasteiger partial charge in [0.1, 0.15) is 11.4 Å². The first-order chi connectivity index (χ1) is 8.48. The maximum absolute atomic E-state index is 12.1. The number of esters is 1. The Morgan fingerprint density at radius 2 is 1.74 bits per heavy atom. The van der Waals surface area contributed by atoms with Gasteiger partial charge < -0.3 is 9.16 Å². The van der Waals surface area contributed by atoms with Gasteiger partial charge in [-0.3, -0.25) is 0 Å². The third-order valence-electron chi connectivity index (χ3n) is 2.25. The minimum atomic E-state index is -1.67. The maximum atomic E-state index is 12.1. The highest BCUT2D eigenvalue weighted by Crippen LogP contribution is 2.22. The van der Waals surface area contributed by atoms with Gasteiger partial charge in [-0.2, -0.15) is 0 Å². The van der Waals surface area contributed by atoms with Crippen LogP contribution in [0.4, 0.5) is 0 Å². The summed E-state index contributed by atoms with van der Waals surface area (Å²) in [5.41, 5.74) is 0.988. The van der Waals surface area contributed by atoms with Gasteiger partial charge in [-0.1, -0.05) is 6.07 Å². The van der Waals surface area contributed by atoms with Crippen LogP contribution in [0, 0.1) is 6.92 Å². The summed E-state index contributed by atoms with van der Waals surface area (Å²) >= 11 is 0. The lowest BCUT2D eigenvalue weighted by molar-refractivity contribution is 0.00684. The molecule has 1 rings (SSSR count). The van der Waals surface area contributed by atoms with Crippen LogP contribution in [0.15, 0.2) is 18.2 Å². The molecule has 0 amide bonds. The van der Waals surface area contributed by atoms with Gasteiger partial charge in [0.25, 0.3) is 0 Å². The van der Waals surface area contributed by atoms with E-state index in [2.05, 4.69) is 19.6 Å². The Kier molecular flexibility index (Phi) is 4.45. The molecule has 0 aromatic heterocycles. The molecular formula is C15H24O3Si. The molecule has 0 aliphatic rings. The number of hydrogen-bond acceptors (Lipinski definition) is 3. The molecule has 19 heavy (non-hydrogen) atoms. The Balaban J connectivity index is 3.01. The average Bonchev–Trinajstić information content (AvgIpc) is 2.16. The highest BCUT2D eigenvalue weighted by molar-refractivity contribution is 6.70. The van der Waals surface area contributed by atoms with Crippen LogP contribution >= 0.6 is 0 Å². The normalized spacial score (nSPS) is 12.2. The topological polar surface area (TPSA) is 35.5 Å². The molecule has 0 saturated heterocycles. The molecule has 0 spiro atoms. The van der Waals surface area contributed by atoms with Crippen LogP contribution in [0.25, 0.3) is 0 Å². The lowest BCUT2D eigenvalue weighted by atomic mass is 10.1. The molecule has 1 aromatic carbocycles. The third kappa shape index (κ3) is 5.47. The minimum absolute atomic E-state index is 0.300. The molecule has 0 radical (unpaired) electrons. The smallest absolute Gasteiger partial charge is 0.339 e. The van der Waals surface area contributed by atoms with E-state index in [4.69, 9.17) is 9.16 Å². The molecule has 3 nitrogen and oxygen atoms in total. The SMILES string of the molecule is Cc1ccc(O[Si](C)(C)C)cc1C(=O)OC(C)(C)C. The third-order valence-corrected chi connectivity index (χ3v) is 3.10. The number of carbonyl (C=O) groups is 1. The maximum Gasteiger partial charge on any atom is 0.339 e. The van der Waals surface area contributed by atoms with Gasteiger partial charge in [0.15, 0.2) is 0 Å². The van der Waals surface area contributed by atoms with Gasteiger partial charge in [0, 0.05) is 0 Å². The summed E-state index contributed by atoms with van der Waals surface area (Å²) in [5.74, 6) is 0.441.